The second kappa shape index (κ2) is 7.01. The number of hydrogen-bond acceptors (Lipinski definition) is 6. The van der Waals surface area contributed by atoms with Crippen molar-refractivity contribution in [3.63, 3.8) is 0 Å². The summed E-state index contributed by atoms with van der Waals surface area (Å²) >= 11 is 1.36. The van der Waals surface area contributed by atoms with Crippen molar-refractivity contribution in [1.29, 1.82) is 0 Å². The molecule has 1 aliphatic rings. The Balaban J connectivity index is 1.58. The molecule has 7 nitrogen and oxygen atoms in total. The van der Waals surface area contributed by atoms with Gasteiger partial charge < -0.3 is 5.73 Å². The minimum atomic E-state index is -0.816. The van der Waals surface area contributed by atoms with Gasteiger partial charge in [0.15, 0.2) is 5.13 Å². The number of halogens is 1. The topological polar surface area (TPSA) is 101 Å². The molecule has 2 heterocycles. The fourth-order valence-electron chi connectivity index (χ4n) is 2.96. The Morgan fingerprint density at radius 2 is 2.00 bits per heavy atom. The van der Waals surface area contributed by atoms with Crippen LogP contribution < -0.4 is 16.1 Å². The SMILES string of the molecule is Cc1ccc2nc(NC(=O)C3=NN(c4ccc(F)cc4)C(C(N)=O)C3)sc2c1. The quantitative estimate of drug-likeness (QED) is 0.707. The fraction of sp³-hybridized carbons (Fsp3) is 0.158. The van der Waals surface area contributed by atoms with Gasteiger partial charge in [-0.05, 0) is 48.9 Å². The van der Waals surface area contributed by atoms with Crippen molar-refractivity contribution in [2.75, 3.05) is 10.3 Å². The Bertz CT molecular complexity index is 1110. The molecule has 28 heavy (non-hydrogen) atoms. The number of carbonyl (C=O) groups is 2. The first-order valence-electron chi connectivity index (χ1n) is 8.51. The lowest BCUT2D eigenvalue weighted by atomic mass is 10.1. The highest BCUT2D eigenvalue weighted by Gasteiger charge is 2.35. The molecule has 9 heteroatoms. The summed E-state index contributed by atoms with van der Waals surface area (Å²) in [6, 6.07) is 10.5. The zero-order valence-corrected chi connectivity index (χ0v) is 15.7. The minimum absolute atomic E-state index is 0.0581. The van der Waals surface area contributed by atoms with E-state index < -0.39 is 23.7 Å². The van der Waals surface area contributed by atoms with Gasteiger partial charge in [-0.3, -0.25) is 19.9 Å². The van der Waals surface area contributed by atoms with E-state index in [1.54, 1.807) is 0 Å². The Kier molecular flexibility index (Phi) is 4.52. The standard InChI is InChI=1S/C19H16FN5O2S/c1-10-2-7-13-16(8-10)28-19(22-13)23-18(27)14-9-15(17(21)26)25(24-14)12-5-3-11(20)4-6-12/h2-8,15H,9H2,1H3,(H2,21,26)(H,22,23,27). The van der Waals surface area contributed by atoms with E-state index >= 15 is 0 Å². The van der Waals surface area contributed by atoms with Crippen LogP contribution in [0, 0.1) is 12.7 Å². The molecule has 0 aliphatic carbocycles. The average molecular weight is 397 g/mol. The van der Waals surface area contributed by atoms with E-state index in [4.69, 9.17) is 5.73 Å². The number of benzene rings is 2. The summed E-state index contributed by atoms with van der Waals surface area (Å²) in [5.41, 5.74) is 8.00. The monoisotopic (exact) mass is 397 g/mol. The molecule has 4 rings (SSSR count). The molecular weight excluding hydrogens is 381 g/mol. The van der Waals surface area contributed by atoms with Crippen molar-refractivity contribution in [3.05, 3.63) is 53.8 Å². The van der Waals surface area contributed by atoms with Crippen LogP contribution in [0.25, 0.3) is 10.2 Å². The van der Waals surface area contributed by atoms with E-state index in [1.165, 1.54) is 40.6 Å². The number of anilines is 2. The first kappa shape index (κ1) is 18.1. The number of carbonyl (C=O) groups excluding carboxylic acids is 2. The van der Waals surface area contributed by atoms with Gasteiger partial charge in [-0.1, -0.05) is 17.4 Å². The Morgan fingerprint density at radius 3 is 2.71 bits per heavy atom. The predicted molar refractivity (Wildman–Crippen MR) is 107 cm³/mol. The molecule has 1 unspecified atom stereocenters. The molecule has 2 amide bonds. The first-order chi connectivity index (χ1) is 13.4. The largest absolute Gasteiger partial charge is 0.368 e. The number of nitrogens with one attached hydrogen (secondary N) is 1. The number of aryl methyl sites for hydroxylation is 1. The predicted octanol–water partition coefficient (Wildman–Crippen LogP) is 2.80. The van der Waals surface area contributed by atoms with Crippen LogP contribution in [0.4, 0.5) is 15.2 Å². The van der Waals surface area contributed by atoms with E-state index in [2.05, 4.69) is 15.4 Å². The van der Waals surface area contributed by atoms with Crippen LogP contribution in [0.15, 0.2) is 47.6 Å². The second-order valence-electron chi connectivity index (χ2n) is 6.43. The van der Waals surface area contributed by atoms with Gasteiger partial charge in [0.05, 0.1) is 15.9 Å². The minimum Gasteiger partial charge on any atom is -0.368 e. The van der Waals surface area contributed by atoms with Crippen LogP contribution in [0.5, 0.6) is 0 Å². The normalized spacial score (nSPS) is 16.3. The van der Waals surface area contributed by atoms with Crippen molar-refractivity contribution in [3.8, 4) is 0 Å². The number of thiazole rings is 1. The van der Waals surface area contributed by atoms with Gasteiger partial charge in [0.25, 0.3) is 5.91 Å². The number of fused-ring (bicyclic) bond motifs is 1. The Labute approximate surface area is 163 Å². The Hall–Kier alpha value is -3.33. The van der Waals surface area contributed by atoms with E-state index in [0.717, 1.165) is 15.8 Å². The number of amides is 2. The van der Waals surface area contributed by atoms with Crippen molar-refractivity contribution in [1.82, 2.24) is 4.98 Å². The van der Waals surface area contributed by atoms with E-state index in [1.807, 2.05) is 25.1 Å². The molecular formula is C19H16FN5O2S. The van der Waals surface area contributed by atoms with Gasteiger partial charge in [0.2, 0.25) is 5.91 Å². The van der Waals surface area contributed by atoms with Crippen LogP contribution in [0.2, 0.25) is 0 Å². The third-order valence-corrected chi connectivity index (χ3v) is 5.29. The van der Waals surface area contributed by atoms with Gasteiger partial charge in [0, 0.05) is 6.42 Å². The zero-order valence-electron chi connectivity index (χ0n) is 14.8. The number of nitrogens with zero attached hydrogens (tertiary/aromatic N) is 3. The molecule has 0 saturated carbocycles. The van der Waals surface area contributed by atoms with E-state index in [9.17, 15) is 14.0 Å². The number of primary amides is 1. The molecule has 3 aromatic rings. The maximum Gasteiger partial charge on any atom is 0.273 e. The van der Waals surface area contributed by atoms with Gasteiger partial charge in [-0.25, -0.2) is 9.37 Å². The molecule has 1 aromatic heterocycles. The summed E-state index contributed by atoms with van der Waals surface area (Å²) in [4.78, 5) is 28.9. The number of nitrogens with two attached hydrogens (primary N) is 1. The summed E-state index contributed by atoms with van der Waals surface area (Å²) in [5.74, 6) is -1.48. The van der Waals surface area contributed by atoms with Crippen LogP contribution in [0.3, 0.4) is 0 Å². The average Bonchev–Trinajstić information content (AvgIpc) is 3.26. The summed E-state index contributed by atoms with van der Waals surface area (Å²) in [7, 11) is 0. The highest BCUT2D eigenvalue weighted by atomic mass is 32.1. The number of aromatic nitrogens is 1. The van der Waals surface area contributed by atoms with Gasteiger partial charge in [-0.2, -0.15) is 5.10 Å². The molecule has 0 bridgehead atoms. The van der Waals surface area contributed by atoms with E-state index in [0.29, 0.717) is 10.8 Å². The maximum absolute atomic E-state index is 13.2. The summed E-state index contributed by atoms with van der Waals surface area (Å²) in [5, 5.41) is 8.77. The zero-order chi connectivity index (χ0) is 19.8. The van der Waals surface area contributed by atoms with Gasteiger partial charge in [-0.15, -0.1) is 0 Å². The van der Waals surface area contributed by atoms with Gasteiger partial charge in [0.1, 0.15) is 17.6 Å². The van der Waals surface area contributed by atoms with Crippen molar-refractivity contribution in [2.24, 2.45) is 10.8 Å². The summed E-state index contributed by atoms with van der Waals surface area (Å²) in [6.07, 6.45) is 0.0581. The number of rotatable bonds is 4. The lowest BCUT2D eigenvalue weighted by Gasteiger charge is -2.20. The third kappa shape index (κ3) is 3.44. The number of hydrogen-bond donors (Lipinski definition) is 2. The second-order valence-corrected chi connectivity index (χ2v) is 7.46. The lowest BCUT2D eigenvalue weighted by Crippen LogP contribution is -2.39. The van der Waals surface area contributed by atoms with E-state index in [-0.39, 0.29) is 12.1 Å². The Morgan fingerprint density at radius 1 is 1.25 bits per heavy atom. The highest BCUT2D eigenvalue weighted by molar-refractivity contribution is 7.22. The number of hydrazone groups is 1. The smallest absolute Gasteiger partial charge is 0.273 e. The maximum atomic E-state index is 13.2. The highest BCUT2D eigenvalue weighted by Crippen LogP contribution is 2.28. The van der Waals surface area contributed by atoms with Crippen LogP contribution >= 0.6 is 11.3 Å². The van der Waals surface area contributed by atoms with Crippen LogP contribution in [0.1, 0.15) is 12.0 Å². The summed E-state index contributed by atoms with van der Waals surface area (Å²) in [6.45, 7) is 1.98. The van der Waals surface area contributed by atoms with Crippen LogP contribution in [-0.2, 0) is 9.59 Å². The molecule has 0 saturated heterocycles. The molecule has 142 valence electrons. The molecule has 1 atom stereocenters. The third-order valence-electron chi connectivity index (χ3n) is 4.36. The first-order valence-corrected chi connectivity index (χ1v) is 9.32. The van der Waals surface area contributed by atoms with Crippen LogP contribution in [-0.4, -0.2) is 28.6 Å². The molecule has 3 N–H and O–H groups in total. The molecule has 2 aromatic carbocycles. The molecule has 0 spiro atoms. The van der Waals surface area contributed by atoms with Crippen molar-refractivity contribution in [2.45, 2.75) is 19.4 Å². The molecule has 0 fully saturated rings. The van der Waals surface area contributed by atoms with Crippen molar-refractivity contribution < 1.29 is 14.0 Å². The summed E-state index contributed by atoms with van der Waals surface area (Å²) < 4.78 is 14.1. The molecule has 0 radical (unpaired) electrons. The fourth-order valence-corrected chi connectivity index (χ4v) is 3.91. The lowest BCUT2D eigenvalue weighted by molar-refractivity contribution is -0.119. The van der Waals surface area contributed by atoms with Gasteiger partial charge >= 0.3 is 0 Å². The molecule has 1 aliphatic heterocycles. The van der Waals surface area contributed by atoms with Crippen molar-refractivity contribution >= 4 is 49.9 Å².